The van der Waals surface area contributed by atoms with Crippen LogP contribution in [-0.2, 0) is 6.42 Å². The molecule has 0 radical (unpaired) electrons. The quantitative estimate of drug-likeness (QED) is 0.756. The Balaban J connectivity index is 1.30. The van der Waals surface area contributed by atoms with Gasteiger partial charge in [0.2, 0.25) is 0 Å². The highest BCUT2D eigenvalue weighted by Crippen LogP contribution is 2.16. The summed E-state index contributed by atoms with van der Waals surface area (Å²) in [4.78, 5) is 7.93. The van der Waals surface area contributed by atoms with E-state index < -0.39 is 0 Å². The van der Waals surface area contributed by atoms with Crippen LogP contribution >= 0.6 is 0 Å². The lowest BCUT2D eigenvalue weighted by Crippen LogP contribution is -2.49. The Bertz CT molecular complexity index is 488. The highest BCUT2D eigenvalue weighted by Gasteiger charge is 2.19. The monoisotopic (exact) mass is 345 g/mol. The van der Waals surface area contributed by atoms with Gasteiger partial charge in [-0.15, -0.1) is 0 Å². The van der Waals surface area contributed by atoms with Crippen molar-refractivity contribution in [3.05, 3.63) is 29.8 Å². The van der Waals surface area contributed by atoms with Crippen LogP contribution in [-0.4, -0.2) is 80.7 Å². The molecule has 4 nitrogen and oxygen atoms in total. The van der Waals surface area contributed by atoms with E-state index in [0.717, 1.165) is 18.1 Å². The largest absolute Gasteiger partial charge is 0.497 e. The third-order valence-corrected chi connectivity index (χ3v) is 5.95. The van der Waals surface area contributed by atoms with Crippen LogP contribution in [0.5, 0.6) is 5.75 Å². The van der Waals surface area contributed by atoms with Gasteiger partial charge in [-0.2, -0.15) is 0 Å². The van der Waals surface area contributed by atoms with Crippen molar-refractivity contribution in [1.82, 2.24) is 14.7 Å². The van der Waals surface area contributed by atoms with E-state index in [2.05, 4.69) is 45.9 Å². The van der Waals surface area contributed by atoms with Gasteiger partial charge in [0.05, 0.1) is 7.11 Å². The summed E-state index contributed by atoms with van der Waals surface area (Å²) >= 11 is 0. The number of hydrogen-bond acceptors (Lipinski definition) is 4. The molecule has 1 aromatic carbocycles. The summed E-state index contributed by atoms with van der Waals surface area (Å²) in [6.45, 7) is 13.6. The number of piperidine rings is 1. The summed E-state index contributed by atoms with van der Waals surface area (Å²) in [6.07, 6.45) is 3.91. The second-order valence-corrected chi connectivity index (χ2v) is 7.81. The molecule has 0 N–H and O–H groups in total. The molecular formula is C21H35N3O. The molecular weight excluding hydrogens is 310 g/mol. The summed E-state index contributed by atoms with van der Waals surface area (Å²) in [5.74, 6) is 1.88. The molecule has 3 rings (SSSR count). The maximum atomic E-state index is 5.23. The lowest BCUT2D eigenvalue weighted by atomic mass is 9.99. The molecule has 0 unspecified atom stereocenters. The molecule has 0 saturated carbocycles. The van der Waals surface area contributed by atoms with E-state index in [-0.39, 0.29) is 0 Å². The number of ether oxygens (including phenoxy) is 1. The second kappa shape index (κ2) is 9.56. The Morgan fingerprint density at radius 1 is 0.800 bits per heavy atom. The molecule has 0 amide bonds. The summed E-state index contributed by atoms with van der Waals surface area (Å²) in [7, 11) is 1.72. The normalized spacial score (nSPS) is 21.5. The zero-order valence-electron chi connectivity index (χ0n) is 16.1. The van der Waals surface area contributed by atoms with Gasteiger partial charge in [-0.25, -0.2) is 0 Å². The van der Waals surface area contributed by atoms with Crippen LogP contribution in [0.15, 0.2) is 24.3 Å². The summed E-state index contributed by atoms with van der Waals surface area (Å²) in [5, 5.41) is 0. The molecule has 2 fully saturated rings. The predicted octanol–water partition coefficient (Wildman–Crippen LogP) is 2.59. The highest BCUT2D eigenvalue weighted by atomic mass is 16.5. The van der Waals surface area contributed by atoms with E-state index in [1.807, 2.05) is 0 Å². The van der Waals surface area contributed by atoms with Gasteiger partial charge in [-0.1, -0.05) is 19.1 Å². The Morgan fingerprint density at radius 2 is 1.32 bits per heavy atom. The lowest BCUT2D eigenvalue weighted by Gasteiger charge is -2.37. The Hall–Kier alpha value is -1.10. The van der Waals surface area contributed by atoms with Crippen molar-refractivity contribution in [3.8, 4) is 5.75 Å². The fraction of sp³-hybridized carbons (Fsp3) is 0.714. The van der Waals surface area contributed by atoms with Gasteiger partial charge in [0.1, 0.15) is 5.75 Å². The van der Waals surface area contributed by atoms with Crippen molar-refractivity contribution in [3.63, 3.8) is 0 Å². The second-order valence-electron chi connectivity index (χ2n) is 7.81. The van der Waals surface area contributed by atoms with Crippen molar-refractivity contribution in [1.29, 1.82) is 0 Å². The highest BCUT2D eigenvalue weighted by molar-refractivity contribution is 5.27. The first-order valence-corrected chi connectivity index (χ1v) is 10.0. The Morgan fingerprint density at radius 3 is 1.88 bits per heavy atom. The average Bonchev–Trinajstić information content (AvgIpc) is 2.67. The van der Waals surface area contributed by atoms with Gasteiger partial charge in [-0.3, -0.25) is 4.90 Å². The third kappa shape index (κ3) is 5.98. The predicted molar refractivity (Wildman–Crippen MR) is 104 cm³/mol. The molecule has 2 heterocycles. The number of piperazine rings is 1. The Labute approximate surface area is 153 Å². The first-order chi connectivity index (χ1) is 12.2. The molecule has 140 valence electrons. The number of rotatable bonds is 7. The van der Waals surface area contributed by atoms with Gasteiger partial charge in [0.25, 0.3) is 0 Å². The maximum Gasteiger partial charge on any atom is 0.118 e. The van der Waals surface area contributed by atoms with E-state index >= 15 is 0 Å². The third-order valence-electron chi connectivity index (χ3n) is 5.95. The average molecular weight is 346 g/mol. The molecule has 0 spiro atoms. The molecule has 25 heavy (non-hydrogen) atoms. The van der Waals surface area contributed by atoms with Crippen molar-refractivity contribution >= 4 is 0 Å². The van der Waals surface area contributed by atoms with E-state index in [4.69, 9.17) is 4.74 Å². The zero-order chi connectivity index (χ0) is 17.5. The maximum absolute atomic E-state index is 5.23. The minimum Gasteiger partial charge on any atom is -0.497 e. The topological polar surface area (TPSA) is 19.0 Å². The first kappa shape index (κ1) is 18.7. The van der Waals surface area contributed by atoms with E-state index in [9.17, 15) is 0 Å². The molecule has 0 aliphatic carbocycles. The number of hydrogen-bond donors (Lipinski definition) is 0. The molecule has 0 bridgehead atoms. The van der Waals surface area contributed by atoms with E-state index in [1.165, 1.54) is 77.3 Å². The van der Waals surface area contributed by atoms with Crippen LogP contribution in [0.4, 0.5) is 0 Å². The number of likely N-dealkylation sites (tertiary alicyclic amines) is 1. The van der Waals surface area contributed by atoms with Crippen LogP contribution in [0.1, 0.15) is 25.3 Å². The molecule has 2 saturated heterocycles. The summed E-state index contributed by atoms with van der Waals surface area (Å²) in [6, 6.07) is 8.51. The standard InChI is InChI=1S/C21H35N3O/c1-19-7-10-22(11-8-19)13-16-24-17-14-23(15-18-24)12-9-20-3-5-21(25-2)6-4-20/h3-6,19H,7-18H2,1-2H3. The van der Waals surface area contributed by atoms with Crippen molar-refractivity contribution < 1.29 is 4.74 Å². The molecule has 2 aliphatic rings. The van der Waals surface area contributed by atoms with Gasteiger partial charge in [-0.05, 0) is 56.0 Å². The lowest BCUT2D eigenvalue weighted by molar-refractivity contribution is 0.110. The van der Waals surface area contributed by atoms with Crippen molar-refractivity contribution in [2.75, 3.05) is 66.0 Å². The fourth-order valence-electron chi connectivity index (χ4n) is 3.88. The Kier molecular flexibility index (Phi) is 7.14. The van der Waals surface area contributed by atoms with E-state index in [1.54, 1.807) is 7.11 Å². The summed E-state index contributed by atoms with van der Waals surface area (Å²) in [5.41, 5.74) is 1.41. The zero-order valence-corrected chi connectivity index (χ0v) is 16.1. The fourth-order valence-corrected chi connectivity index (χ4v) is 3.88. The van der Waals surface area contributed by atoms with Crippen molar-refractivity contribution in [2.24, 2.45) is 5.92 Å². The minimum absolute atomic E-state index is 0.936. The van der Waals surface area contributed by atoms with Gasteiger partial charge >= 0.3 is 0 Å². The number of benzene rings is 1. The van der Waals surface area contributed by atoms with Crippen LogP contribution in [0.2, 0.25) is 0 Å². The van der Waals surface area contributed by atoms with Crippen LogP contribution in [0.3, 0.4) is 0 Å². The number of methoxy groups -OCH3 is 1. The molecule has 2 aliphatic heterocycles. The van der Waals surface area contributed by atoms with Gasteiger partial charge < -0.3 is 14.5 Å². The van der Waals surface area contributed by atoms with Crippen LogP contribution in [0.25, 0.3) is 0 Å². The smallest absolute Gasteiger partial charge is 0.118 e. The van der Waals surface area contributed by atoms with Crippen molar-refractivity contribution in [2.45, 2.75) is 26.2 Å². The molecule has 0 atom stereocenters. The SMILES string of the molecule is COc1ccc(CCN2CCN(CCN3CCC(C)CC3)CC2)cc1. The van der Waals surface area contributed by atoms with Crippen LogP contribution in [0, 0.1) is 5.92 Å². The van der Waals surface area contributed by atoms with Gasteiger partial charge in [0, 0.05) is 45.8 Å². The first-order valence-electron chi connectivity index (χ1n) is 10.0. The van der Waals surface area contributed by atoms with E-state index in [0.29, 0.717) is 0 Å². The number of nitrogens with zero attached hydrogens (tertiary/aromatic N) is 3. The minimum atomic E-state index is 0.936. The molecule has 4 heteroatoms. The van der Waals surface area contributed by atoms with Crippen LogP contribution < -0.4 is 4.74 Å². The molecule has 1 aromatic rings. The van der Waals surface area contributed by atoms with Gasteiger partial charge in [0.15, 0.2) is 0 Å². The molecule has 0 aromatic heterocycles. The summed E-state index contributed by atoms with van der Waals surface area (Å²) < 4.78 is 5.23.